The van der Waals surface area contributed by atoms with Crippen molar-refractivity contribution in [3.8, 4) is 11.1 Å². The van der Waals surface area contributed by atoms with Gasteiger partial charge in [0.25, 0.3) is 17.7 Å². The fourth-order valence-corrected chi connectivity index (χ4v) is 5.33. The van der Waals surface area contributed by atoms with Crippen molar-refractivity contribution in [3.05, 3.63) is 126 Å². The summed E-state index contributed by atoms with van der Waals surface area (Å²) in [5.41, 5.74) is 3.34. The molecular formula is C33H27N3O5. The van der Waals surface area contributed by atoms with Crippen LogP contribution in [0.1, 0.15) is 39.1 Å². The van der Waals surface area contributed by atoms with E-state index in [9.17, 15) is 19.2 Å². The second kappa shape index (κ2) is 11.1. The maximum Gasteiger partial charge on any atom is 0.410 e. The minimum absolute atomic E-state index is 0.0678. The van der Waals surface area contributed by atoms with Gasteiger partial charge < -0.3 is 4.74 Å². The molecule has 4 aromatic rings. The molecule has 41 heavy (non-hydrogen) atoms. The Morgan fingerprint density at radius 3 is 2.05 bits per heavy atom. The Labute approximate surface area is 237 Å². The number of ether oxygens (including phenoxy) is 1. The van der Waals surface area contributed by atoms with Crippen LogP contribution >= 0.6 is 0 Å². The normalized spacial score (nSPS) is 16.0. The van der Waals surface area contributed by atoms with Crippen LogP contribution in [-0.2, 0) is 16.1 Å². The lowest BCUT2D eigenvalue weighted by Gasteiger charge is -2.34. The molecule has 0 spiro atoms. The van der Waals surface area contributed by atoms with Gasteiger partial charge in [-0.2, -0.15) is 5.01 Å². The van der Waals surface area contributed by atoms with Crippen LogP contribution in [0.5, 0.6) is 0 Å². The molecule has 0 saturated carbocycles. The lowest BCUT2D eigenvalue weighted by Crippen LogP contribution is -2.56. The molecule has 2 aliphatic rings. The van der Waals surface area contributed by atoms with Crippen molar-refractivity contribution in [2.75, 3.05) is 11.6 Å². The van der Waals surface area contributed by atoms with Gasteiger partial charge in [-0.05, 0) is 53.8 Å². The molecule has 0 aliphatic carbocycles. The third-order valence-corrected chi connectivity index (χ3v) is 7.36. The summed E-state index contributed by atoms with van der Waals surface area (Å²) in [5, 5.41) is 2.02. The first-order valence-corrected chi connectivity index (χ1v) is 13.5. The fourth-order valence-electron chi connectivity index (χ4n) is 5.33. The van der Waals surface area contributed by atoms with Crippen LogP contribution in [0.3, 0.4) is 0 Å². The van der Waals surface area contributed by atoms with E-state index in [1.165, 1.54) is 4.90 Å². The average molecular weight is 546 g/mol. The highest BCUT2D eigenvalue weighted by Crippen LogP contribution is 2.33. The van der Waals surface area contributed by atoms with Crippen LogP contribution in [-0.4, -0.2) is 46.3 Å². The number of carbonyl (C=O) groups is 4. The van der Waals surface area contributed by atoms with E-state index < -0.39 is 29.9 Å². The molecule has 8 nitrogen and oxygen atoms in total. The minimum Gasteiger partial charge on any atom is -0.445 e. The van der Waals surface area contributed by atoms with E-state index >= 15 is 0 Å². The van der Waals surface area contributed by atoms with Crippen LogP contribution in [0.25, 0.3) is 11.1 Å². The number of nitrogens with zero attached hydrogens (tertiary/aromatic N) is 3. The molecule has 2 heterocycles. The molecule has 0 N–H and O–H groups in total. The van der Waals surface area contributed by atoms with Gasteiger partial charge in [-0.1, -0.05) is 84.9 Å². The van der Waals surface area contributed by atoms with Crippen molar-refractivity contribution in [1.29, 1.82) is 0 Å². The lowest BCUT2D eigenvalue weighted by atomic mass is 10.0. The molecule has 4 amide bonds. The topological polar surface area (TPSA) is 87.2 Å². The molecular weight excluding hydrogens is 518 g/mol. The Bertz CT molecular complexity index is 1590. The Morgan fingerprint density at radius 1 is 0.756 bits per heavy atom. The average Bonchev–Trinajstić information content (AvgIpc) is 3.61. The second-order valence-corrected chi connectivity index (χ2v) is 9.93. The van der Waals surface area contributed by atoms with Gasteiger partial charge in [0.1, 0.15) is 12.6 Å². The van der Waals surface area contributed by atoms with E-state index in [2.05, 4.69) is 0 Å². The van der Waals surface area contributed by atoms with E-state index in [1.54, 1.807) is 42.5 Å². The Hall–Kier alpha value is -5.24. The van der Waals surface area contributed by atoms with Gasteiger partial charge in [-0.3, -0.25) is 19.3 Å². The van der Waals surface area contributed by atoms with Crippen molar-refractivity contribution in [3.63, 3.8) is 0 Å². The van der Waals surface area contributed by atoms with Crippen molar-refractivity contribution >= 4 is 29.5 Å². The largest absolute Gasteiger partial charge is 0.445 e. The maximum absolute atomic E-state index is 14.3. The third kappa shape index (κ3) is 4.96. The van der Waals surface area contributed by atoms with Crippen molar-refractivity contribution < 1.29 is 23.9 Å². The van der Waals surface area contributed by atoms with Crippen LogP contribution in [0.4, 0.5) is 10.5 Å². The van der Waals surface area contributed by atoms with Crippen molar-refractivity contribution in [2.24, 2.45) is 0 Å². The summed E-state index contributed by atoms with van der Waals surface area (Å²) in [4.78, 5) is 56.0. The molecule has 1 saturated heterocycles. The minimum atomic E-state index is -0.914. The summed E-state index contributed by atoms with van der Waals surface area (Å²) in [6, 6.07) is 31.6. The predicted molar refractivity (Wildman–Crippen MR) is 153 cm³/mol. The van der Waals surface area contributed by atoms with Gasteiger partial charge in [-0.15, -0.1) is 0 Å². The summed E-state index contributed by atoms with van der Waals surface area (Å²) >= 11 is 0. The van der Waals surface area contributed by atoms with E-state index in [0.29, 0.717) is 25.1 Å². The molecule has 2 aliphatic heterocycles. The van der Waals surface area contributed by atoms with Crippen molar-refractivity contribution in [2.45, 2.75) is 25.5 Å². The first-order chi connectivity index (χ1) is 20.0. The molecule has 1 atom stereocenters. The van der Waals surface area contributed by atoms with Gasteiger partial charge in [0.15, 0.2) is 0 Å². The number of likely N-dealkylation sites (tertiary alicyclic amines) is 1. The zero-order valence-corrected chi connectivity index (χ0v) is 22.2. The number of imide groups is 1. The zero-order valence-electron chi connectivity index (χ0n) is 22.2. The number of benzene rings is 4. The quantitative estimate of drug-likeness (QED) is 0.290. The first-order valence-electron chi connectivity index (χ1n) is 13.5. The highest BCUT2D eigenvalue weighted by Gasteiger charge is 2.46. The molecule has 8 heteroatoms. The summed E-state index contributed by atoms with van der Waals surface area (Å²) in [7, 11) is 0. The smallest absolute Gasteiger partial charge is 0.410 e. The number of amides is 4. The summed E-state index contributed by atoms with van der Waals surface area (Å²) in [6.45, 7) is 0.391. The molecule has 0 radical (unpaired) electrons. The highest BCUT2D eigenvalue weighted by molar-refractivity contribution is 6.24. The zero-order chi connectivity index (χ0) is 28.3. The number of hydrogen-bond donors (Lipinski definition) is 0. The van der Waals surface area contributed by atoms with Crippen molar-refractivity contribution in [1.82, 2.24) is 9.91 Å². The number of anilines is 1. The van der Waals surface area contributed by atoms with Gasteiger partial charge in [0, 0.05) is 6.54 Å². The third-order valence-electron chi connectivity index (χ3n) is 7.36. The molecule has 0 aromatic heterocycles. The van der Waals surface area contributed by atoms with E-state index in [-0.39, 0.29) is 17.7 Å². The maximum atomic E-state index is 14.3. The first kappa shape index (κ1) is 26.0. The monoisotopic (exact) mass is 545 g/mol. The summed E-state index contributed by atoms with van der Waals surface area (Å²) < 4.78 is 5.54. The predicted octanol–water partition coefficient (Wildman–Crippen LogP) is 5.70. The number of carbonyl (C=O) groups excluding carboxylic acids is 4. The van der Waals surface area contributed by atoms with Crippen LogP contribution in [0.2, 0.25) is 0 Å². The highest BCUT2D eigenvalue weighted by atomic mass is 16.6. The second-order valence-electron chi connectivity index (χ2n) is 9.93. The van der Waals surface area contributed by atoms with Gasteiger partial charge in [0.05, 0.1) is 16.8 Å². The fraction of sp³-hybridized carbons (Fsp3) is 0.152. The lowest BCUT2D eigenvalue weighted by molar-refractivity contribution is -0.124. The number of fused-ring (bicyclic) bond motifs is 1. The Morgan fingerprint density at radius 2 is 1.37 bits per heavy atom. The standard InChI is InChI=1S/C33H27N3O5/c37-30-27-17-7-8-18-28(27)31(38)36(30)35(26-16-9-15-25(21-26)24-13-5-2-6-14-24)32(39)29-19-10-20-34(29)33(40)41-22-23-11-3-1-4-12-23/h1-9,11-18,21,29H,10,19-20,22H2. The molecule has 4 aromatic carbocycles. The summed E-state index contributed by atoms with van der Waals surface area (Å²) in [6.07, 6.45) is 0.332. The number of rotatable bonds is 6. The van der Waals surface area contributed by atoms with Crippen LogP contribution in [0.15, 0.2) is 109 Å². The Balaban J connectivity index is 1.35. The van der Waals surface area contributed by atoms with E-state index in [1.807, 2.05) is 66.7 Å². The number of hydrogen-bond acceptors (Lipinski definition) is 5. The van der Waals surface area contributed by atoms with Gasteiger partial charge >= 0.3 is 6.09 Å². The van der Waals surface area contributed by atoms with Crippen LogP contribution < -0.4 is 5.01 Å². The Kier molecular flexibility index (Phi) is 7.04. The van der Waals surface area contributed by atoms with E-state index in [4.69, 9.17) is 4.74 Å². The summed E-state index contributed by atoms with van der Waals surface area (Å²) in [5.74, 6) is -1.75. The molecule has 0 bridgehead atoms. The molecule has 6 rings (SSSR count). The molecule has 1 unspecified atom stereocenters. The van der Waals surface area contributed by atoms with Gasteiger partial charge in [0.2, 0.25) is 0 Å². The SMILES string of the molecule is O=C(OCc1ccccc1)N1CCCC1C(=O)N(c1cccc(-c2ccccc2)c1)N1C(=O)c2ccccc2C1=O. The van der Waals surface area contributed by atoms with E-state index in [0.717, 1.165) is 26.7 Å². The number of hydrazine groups is 1. The van der Waals surface area contributed by atoms with Crippen LogP contribution in [0, 0.1) is 0 Å². The molecule has 1 fully saturated rings. The van der Waals surface area contributed by atoms with Gasteiger partial charge in [-0.25, -0.2) is 9.80 Å². The molecule has 204 valence electrons.